The Labute approximate surface area is 105 Å². The average Bonchev–Trinajstić information content (AvgIpc) is 2.28. The third-order valence-corrected chi connectivity index (χ3v) is 4.18. The van der Waals surface area contributed by atoms with Gasteiger partial charge in [-0.05, 0) is 19.3 Å². The Hall–Kier alpha value is -0.570. The molecule has 2 atom stereocenters. The van der Waals surface area contributed by atoms with E-state index in [1.807, 2.05) is 13.8 Å². The molecule has 1 rings (SSSR count). The summed E-state index contributed by atoms with van der Waals surface area (Å²) in [4.78, 5) is 12.1. The van der Waals surface area contributed by atoms with Crippen molar-refractivity contribution in [3.05, 3.63) is 0 Å². The largest absolute Gasteiger partial charge is 0.392 e. The molecule has 1 amide bonds. The van der Waals surface area contributed by atoms with Crippen molar-refractivity contribution in [3.8, 4) is 0 Å². The van der Waals surface area contributed by atoms with Crippen molar-refractivity contribution in [1.82, 2.24) is 5.32 Å². The summed E-state index contributed by atoms with van der Waals surface area (Å²) in [5.74, 6) is 0.331. The lowest BCUT2D eigenvalue weighted by Crippen LogP contribution is -2.61. The summed E-state index contributed by atoms with van der Waals surface area (Å²) in [6.07, 6.45) is 4.46. The first kappa shape index (κ1) is 14.5. The fourth-order valence-electron chi connectivity index (χ4n) is 2.54. The standard InChI is InChI=1S/C14H27NO2/c1-5-7-10(8-6-2)13(17)15-11-9-12(16)14(11,3)4/h10-12,16H,5-9H2,1-4H3,(H,15,17). The first-order valence-electron chi connectivity index (χ1n) is 6.91. The lowest BCUT2D eigenvalue weighted by molar-refractivity contribution is -0.133. The Balaban J connectivity index is 2.47. The number of carbonyl (C=O) groups excluding carboxylic acids is 1. The molecule has 0 aromatic heterocycles. The van der Waals surface area contributed by atoms with Crippen LogP contribution < -0.4 is 5.32 Å². The van der Waals surface area contributed by atoms with E-state index in [4.69, 9.17) is 0 Å². The molecule has 0 saturated heterocycles. The first-order valence-corrected chi connectivity index (χ1v) is 6.91. The van der Waals surface area contributed by atoms with Gasteiger partial charge >= 0.3 is 0 Å². The van der Waals surface area contributed by atoms with Crippen LogP contribution in [0.25, 0.3) is 0 Å². The summed E-state index contributed by atoms with van der Waals surface area (Å²) in [6, 6.07) is 0.140. The Morgan fingerprint density at radius 2 is 1.88 bits per heavy atom. The number of aliphatic hydroxyl groups is 1. The van der Waals surface area contributed by atoms with Gasteiger partial charge in [0.25, 0.3) is 0 Å². The van der Waals surface area contributed by atoms with Crippen molar-refractivity contribution in [2.75, 3.05) is 0 Å². The van der Waals surface area contributed by atoms with E-state index in [1.165, 1.54) is 0 Å². The SMILES string of the molecule is CCCC(CCC)C(=O)NC1CC(O)C1(C)C. The summed E-state index contributed by atoms with van der Waals surface area (Å²) in [7, 11) is 0. The van der Waals surface area contributed by atoms with E-state index in [9.17, 15) is 9.90 Å². The minimum atomic E-state index is -0.274. The number of hydrogen-bond acceptors (Lipinski definition) is 2. The third kappa shape index (κ3) is 3.21. The van der Waals surface area contributed by atoms with Gasteiger partial charge in [0.05, 0.1) is 6.10 Å². The molecular weight excluding hydrogens is 214 g/mol. The second-order valence-corrected chi connectivity index (χ2v) is 5.91. The zero-order valence-corrected chi connectivity index (χ0v) is 11.6. The second-order valence-electron chi connectivity index (χ2n) is 5.91. The molecule has 0 bridgehead atoms. The Morgan fingerprint density at radius 3 is 2.24 bits per heavy atom. The van der Waals surface area contributed by atoms with Crippen molar-refractivity contribution in [1.29, 1.82) is 0 Å². The highest BCUT2D eigenvalue weighted by Crippen LogP contribution is 2.40. The molecular formula is C14H27NO2. The maximum Gasteiger partial charge on any atom is 0.223 e. The van der Waals surface area contributed by atoms with Gasteiger partial charge in [0.2, 0.25) is 5.91 Å². The predicted molar refractivity (Wildman–Crippen MR) is 69.6 cm³/mol. The van der Waals surface area contributed by atoms with Crippen LogP contribution in [0, 0.1) is 11.3 Å². The Bertz CT molecular complexity index is 257. The molecule has 2 unspecified atom stereocenters. The molecule has 0 heterocycles. The van der Waals surface area contributed by atoms with Crippen LogP contribution >= 0.6 is 0 Å². The van der Waals surface area contributed by atoms with Crippen molar-refractivity contribution >= 4 is 5.91 Å². The van der Waals surface area contributed by atoms with E-state index in [1.54, 1.807) is 0 Å². The van der Waals surface area contributed by atoms with Gasteiger partial charge in [0, 0.05) is 17.4 Å². The van der Waals surface area contributed by atoms with Crippen LogP contribution in [0.1, 0.15) is 59.8 Å². The topological polar surface area (TPSA) is 49.3 Å². The number of rotatable bonds is 6. The average molecular weight is 241 g/mol. The Morgan fingerprint density at radius 1 is 1.35 bits per heavy atom. The van der Waals surface area contributed by atoms with E-state index >= 15 is 0 Å². The molecule has 0 radical (unpaired) electrons. The van der Waals surface area contributed by atoms with E-state index in [-0.39, 0.29) is 29.4 Å². The number of aliphatic hydroxyl groups excluding tert-OH is 1. The van der Waals surface area contributed by atoms with Crippen molar-refractivity contribution < 1.29 is 9.90 Å². The monoisotopic (exact) mass is 241 g/mol. The zero-order valence-electron chi connectivity index (χ0n) is 11.6. The molecule has 1 aliphatic carbocycles. The van der Waals surface area contributed by atoms with Gasteiger partial charge in [-0.3, -0.25) is 4.79 Å². The van der Waals surface area contributed by atoms with Gasteiger partial charge in [-0.2, -0.15) is 0 Å². The van der Waals surface area contributed by atoms with Crippen LogP contribution in [-0.4, -0.2) is 23.2 Å². The van der Waals surface area contributed by atoms with Gasteiger partial charge < -0.3 is 10.4 Å². The van der Waals surface area contributed by atoms with Crippen molar-refractivity contribution in [2.24, 2.45) is 11.3 Å². The molecule has 3 nitrogen and oxygen atoms in total. The van der Waals surface area contributed by atoms with E-state index in [0.717, 1.165) is 25.7 Å². The quantitative estimate of drug-likeness (QED) is 0.750. The molecule has 1 aliphatic rings. The molecule has 1 saturated carbocycles. The van der Waals surface area contributed by atoms with Gasteiger partial charge in [0.15, 0.2) is 0 Å². The van der Waals surface area contributed by atoms with Crippen molar-refractivity contribution in [2.45, 2.75) is 71.9 Å². The number of nitrogens with one attached hydrogen (secondary N) is 1. The summed E-state index contributed by atoms with van der Waals surface area (Å²) in [5.41, 5.74) is -0.168. The summed E-state index contributed by atoms with van der Waals surface area (Å²) >= 11 is 0. The van der Waals surface area contributed by atoms with E-state index in [0.29, 0.717) is 6.42 Å². The van der Waals surface area contributed by atoms with Crippen LogP contribution in [0.5, 0.6) is 0 Å². The molecule has 1 fully saturated rings. The molecule has 0 spiro atoms. The fourth-order valence-corrected chi connectivity index (χ4v) is 2.54. The first-order chi connectivity index (χ1) is 7.93. The predicted octanol–water partition coefficient (Wildman–Crippen LogP) is 2.48. The minimum Gasteiger partial charge on any atom is -0.392 e. The smallest absolute Gasteiger partial charge is 0.223 e. The van der Waals surface area contributed by atoms with Crippen LogP contribution in [0.3, 0.4) is 0 Å². The maximum atomic E-state index is 12.1. The van der Waals surface area contributed by atoms with E-state index < -0.39 is 0 Å². The van der Waals surface area contributed by atoms with Gasteiger partial charge in [0.1, 0.15) is 0 Å². The lowest BCUT2D eigenvalue weighted by atomic mass is 9.64. The molecule has 100 valence electrons. The zero-order chi connectivity index (χ0) is 13.1. The van der Waals surface area contributed by atoms with Crippen LogP contribution in [-0.2, 0) is 4.79 Å². The fraction of sp³-hybridized carbons (Fsp3) is 0.929. The molecule has 0 aromatic rings. The van der Waals surface area contributed by atoms with Gasteiger partial charge in [-0.15, -0.1) is 0 Å². The van der Waals surface area contributed by atoms with E-state index in [2.05, 4.69) is 19.2 Å². The molecule has 0 aliphatic heterocycles. The summed E-state index contributed by atoms with van der Waals surface area (Å²) in [5, 5.41) is 12.8. The van der Waals surface area contributed by atoms with Crippen LogP contribution in [0.15, 0.2) is 0 Å². The number of hydrogen-bond donors (Lipinski definition) is 2. The molecule has 3 heteroatoms. The van der Waals surface area contributed by atoms with Crippen LogP contribution in [0.2, 0.25) is 0 Å². The van der Waals surface area contributed by atoms with Gasteiger partial charge in [-0.25, -0.2) is 0 Å². The number of carbonyl (C=O) groups is 1. The third-order valence-electron chi connectivity index (χ3n) is 4.18. The highest BCUT2D eigenvalue weighted by atomic mass is 16.3. The summed E-state index contributed by atoms with van der Waals surface area (Å²) < 4.78 is 0. The highest BCUT2D eigenvalue weighted by Gasteiger charge is 2.48. The molecule has 2 N–H and O–H groups in total. The van der Waals surface area contributed by atoms with Crippen LogP contribution in [0.4, 0.5) is 0 Å². The minimum absolute atomic E-state index is 0.140. The molecule has 17 heavy (non-hydrogen) atoms. The normalized spacial score (nSPS) is 26.7. The Kier molecular flexibility index (Phi) is 4.99. The summed E-state index contributed by atoms with van der Waals surface area (Å²) in [6.45, 7) is 8.27. The van der Waals surface area contributed by atoms with Crippen molar-refractivity contribution in [3.63, 3.8) is 0 Å². The highest BCUT2D eigenvalue weighted by molar-refractivity contribution is 5.79. The van der Waals surface area contributed by atoms with Gasteiger partial charge in [-0.1, -0.05) is 40.5 Å². The number of amides is 1. The second kappa shape index (κ2) is 5.85. The maximum absolute atomic E-state index is 12.1. The molecule has 0 aromatic carbocycles. The lowest BCUT2D eigenvalue weighted by Gasteiger charge is -2.49.